The molecule has 3 rings (SSSR count). The third kappa shape index (κ3) is 2.72. The molecule has 1 fully saturated rings. The quantitative estimate of drug-likeness (QED) is 0.898. The Balaban J connectivity index is 1.64. The van der Waals surface area contributed by atoms with Gasteiger partial charge in [0.1, 0.15) is 5.52 Å². The van der Waals surface area contributed by atoms with Crippen LogP contribution < -0.4 is 10.6 Å². The highest BCUT2D eigenvalue weighted by molar-refractivity contribution is 5.74. The second kappa shape index (κ2) is 5.59. The molecule has 5 nitrogen and oxygen atoms in total. The molecule has 1 aliphatic heterocycles. The van der Waals surface area contributed by atoms with E-state index in [0.29, 0.717) is 0 Å². The van der Waals surface area contributed by atoms with E-state index in [1.54, 1.807) is 0 Å². The summed E-state index contributed by atoms with van der Waals surface area (Å²) in [6.07, 6.45) is 1.07. The second-order valence-electron chi connectivity index (χ2n) is 4.94. The van der Waals surface area contributed by atoms with E-state index in [1.807, 2.05) is 24.3 Å². The summed E-state index contributed by atoms with van der Waals surface area (Å²) >= 11 is 0. The molecule has 0 amide bonds. The zero-order chi connectivity index (χ0) is 13.1. The lowest BCUT2D eigenvalue weighted by molar-refractivity contribution is 0.252. The van der Waals surface area contributed by atoms with E-state index >= 15 is 0 Å². The van der Waals surface area contributed by atoms with E-state index in [0.717, 1.165) is 62.8 Å². The topological polar surface area (TPSA) is 58.5 Å². The van der Waals surface area contributed by atoms with Crippen LogP contribution in [-0.4, -0.2) is 49.2 Å². The molecule has 0 aliphatic carbocycles. The molecular weight excluding hydrogens is 240 g/mol. The van der Waals surface area contributed by atoms with E-state index in [-0.39, 0.29) is 0 Å². The molecule has 1 aromatic heterocycles. The van der Waals surface area contributed by atoms with Crippen molar-refractivity contribution in [3.63, 3.8) is 0 Å². The lowest BCUT2D eigenvalue weighted by Crippen LogP contribution is -2.47. The first-order valence-corrected chi connectivity index (χ1v) is 6.90. The van der Waals surface area contributed by atoms with Gasteiger partial charge in [-0.05, 0) is 31.6 Å². The van der Waals surface area contributed by atoms with Gasteiger partial charge in [0.05, 0.1) is 0 Å². The molecule has 1 aliphatic rings. The van der Waals surface area contributed by atoms with E-state index < -0.39 is 0 Å². The molecule has 2 aromatic rings. The summed E-state index contributed by atoms with van der Waals surface area (Å²) in [5, 5.41) is 0. The van der Waals surface area contributed by atoms with Crippen LogP contribution >= 0.6 is 0 Å². The van der Waals surface area contributed by atoms with Crippen LogP contribution in [0.2, 0.25) is 0 Å². The Labute approximate surface area is 113 Å². The monoisotopic (exact) mass is 260 g/mol. The maximum atomic E-state index is 5.80. The minimum atomic E-state index is 0.750. The molecule has 102 valence electrons. The van der Waals surface area contributed by atoms with Crippen molar-refractivity contribution in [1.82, 2.24) is 9.88 Å². The molecule has 0 spiro atoms. The number of hydrogen-bond acceptors (Lipinski definition) is 5. The number of nitrogens with zero attached hydrogens (tertiary/aromatic N) is 3. The number of hydrogen-bond donors (Lipinski definition) is 1. The first-order valence-electron chi connectivity index (χ1n) is 6.90. The van der Waals surface area contributed by atoms with Crippen LogP contribution in [0.25, 0.3) is 11.1 Å². The van der Waals surface area contributed by atoms with Gasteiger partial charge in [0.15, 0.2) is 5.58 Å². The lowest BCUT2D eigenvalue weighted by Gasteiger charge is -2.33. The number of anilines is 1. The highest BCUT2D eigenvalue weighted by Gasteiger charge is 2.20. The standard InChI is InChI=1S/C14H20N4O/c15-6-3-7-17-8-10-18(11-9-17)14-16-12-4-1-2-5-13(12)19-14/h1-2,4-5H,3,6-11,15H2. The van der Waals surface area contributed by atoms with Crippen molar-refractivity contribution in [2.24, 2.45) is 5.73 Å². The van der Waals surface area contributed by atoms with Crippen LogP contribution in [0.15, 0.2) is 28.7 Å². The summed E-state index contributed by atoms with van der Waals surface area (Å²) in [4.78, 5) is 9.22. The van der Waals surface area contributed by atoms with E-state index in [9.17, 15) is 0 Å². The van der Waals surface area contributed by atoms with Crippen molar-refractivity contribution in [2.45, 2.75) is 6.42 Å². The summed E-state index contributed by atoms with van der Waals surface area (Å²) in [6, 6.07) is 8.66. The molecule has 0 atom stereocenters. The number of aromatic nitrogens is 1. The van der Waals surface area contributed by atoms with Gasteiger partial charge in [0, 0.05) is 26.2 Å². The van der Waals surface area contributed by atoms with Gasteiger partial charge >= 0.3 is 0 Å². The SMILES string of the molecule is NCCCN1CCN(c2nc3ccccc3o2)CC1. The number of piperazine rings is 1. The Morgan fingerprint density at radius 1 is 1.16 bits per heavy atom. The fourth-order valence-electron chi connectivity index (χ4n) is 2.47. The van der Waals surface area contributed by atoms with Gasteiger partial charge in [-0.3, -0.25) is 4.90 Å². The van der Waals surface area contributed by atoms with Crippen molar-refractivity contribution < 1.29 is 4.42 Å². The van der Waals surface area contributed by atoms with E-state index in [1.165, 1.54) is 0 Å². The number of fused-ring (bicyclic) bond motifs is 1. The molecule has 1 aromatic carbocycles. The van der Waals surface area contributed by atoms with E-state index in [2.05, 4.69) is 14.8 Å². The fourth-order valence-corrected chi connectivity index (χ4v) is 2.47. The zero-order valence-electron chi connectivity index (χ0n) is 11.1. The molecule has 2 N–H and O–H groups in total. The predicted molar refractivity (Wildman–Crippen MR) is 76.3 cm³/mol. The first-order chi connectivity index (χ1) is 9.36. The van der Waals surface area contributed by atoms with Crippen molar-refractivity contribution in [2.75, 3.05) is 44.2 Å². The number of oxazole rings is 1. The molecule has 1 saturated heterocycles. The van der Waals surface area contributed by atoms with Crippen molar-refractivity contribution >= 4 is 17.1 Å². The molecular formula is C14H20N4O. The van der Waals surface area contributed by atoms with Gasteiger partial charge in [-0.1, -0.05) is 12.1 Å². The van der Waals surface area contributed by atoms with Crippen LogP contribution in [0.4, 0.5) is 6.01 Å². The molecule has 0 unspecified atom stereocenters. The van der Waals surface area contributed by atoms with Crippen LogP contribution in [-0.2, 0) is 0 Å². The van der Waals surface area contributed by atoms with Crippen molar-refractivity contribution in [3.05, 3.63) is 24.3 Å². The summed E-state index contributed by atoms with van der Waals surface area (Å²) < 4.78 is 5.80. The Morgan fingerprint density at radius 3 is 2.68 bits per heavy atom. The van der Waals surface area contributed by atoms with Gasteiger partial charge in [-0.2, -0.15) is 4.98 Å². The van der Waals surface area contributed by atoms with Gasteiger partial charge < -0.3 is 15.1 Å². The van der Waals surface area contributed by atoms with Gasteiger partial charge in [0.25, 0.3) is 6.01 Å². The second-order valence-corrected chi connectivity index (χ2v) is 4.94. The van der Waals surface area contributed by atoms with Crippen LogP contribution in [0.3, 0.4) is 0 Å². The van der Waals surface area contributed by atoms with Gasteiger partial charge in [-0.15, -0.1) is 0 Å². The Hall–Kier alpha value is -1.59. The first kappa shape index (κ1) is 12.4. The number of para-hydroxylation sites is 2. The lowest BCUT2D eigenvalue weighted by atomic mass is 10.3. The average molecular weight is 260 g/mol. The summed E-state index contributed by atoms with van der Waals surface area (Å²) in [5.41, 5.74) is 7.34. The highest BCUT2D eigenvalue weighted by Crippen LogP contribution is 2.22. The maximum Gasteiger partial charge on any atom is 0.298 e. The minimum Gasteiger partial charge on any atom is -0.423 e. The molecule has 19 heavy (non-hydrogen) atoms. The van der Waals surface area contributed by atoms with Crippen molar-refractivity contribution in [1.29, 1.82) is 0 Å². The Morgan fingerprint density at radius 2 is 1.95 bits per heavy atom. The summed E-state index contributed by atoms with van der Waals surface area (Å²) in [6.45, 7) is 5.91. The van der Waals surface area contributed by atoms with Crippen LogP contribution in [0.1, 0.15) is 6.42 Å². The van der Waals surface area contributed by atoms with Crippen molar-refractivity contribution in [3.8, 4) is 0 Å². The van der Waals surface area contributed by atoms with Gasteiger partial charge in [0.2, 0.25) is 0 Å². The van der Waals surface area contributed by atoms with Crippen LogP contribution in [0.5, 0.6) is 0 Å². The number of rotatable bonds is 4. The number of benzene rings is 1. The molecule has 2 heterocycles. The molecule has 5 heteroatoms. The third-order valence-corrected chi connectivity index (χ3v) is 3.60. The van der Waals surface area contributed by atoms with Gasteiger partial charge in [-0.25, -0.2) is 0 Å². The smallest absolute Gasteiger partial charge is 0.298 e. The Kier molecular flexibility index (Phi) is 3.66. The molecule has 0 radical (unpaired) electrons. The largest absolute Gasteiger partial charge is 0.423 e. The molecule has 0 saturated carbocycles. The average Bonchev–Trinajstić information content (AvgIpc) is 2.89. The summed E-state index contributed by atoms with van der Waals surface area (Å²) in [5.74, 6) is 0. The zero-order valence-corrected chi connectivity index (χ0v) is 11.1. The van der Waals surface area contributed by atoms with E-state index in [4.69, 9.17) is 10.2 Å². The van der Waals surface area contributed by atoms with Crippen LogP contribution in [0, 0.1) is 0 Å². The molecule has 0 bridgehead atoms. The Bertz CT molecular complexity index is 498. The normalized spacial score (nSPS) is 17.2. The maximum absolute atomic E-state index is 5.80. The summed E-state index contributed by atoms with van der Waals surface area (Å²) in [7, 11) is 0. The third-order valence-electron chi connectivity index (χ3n) is 3.60. The minimum absolute atomic E-state index is 0.750. The highest BCUT2D eigenvalue weighted by atomic mass is 16.4. The predicted octanol–water partition coefficient (Wildman–Crippen LogP) is 1.30. The number of nitrogens with two attached hydrogens (primary N) is 1. The fraction of sp³-hybridized carbons (Fsp3) is 0.500.